The average Bonchev–Trinajstić information content (AvgIpc) is 2.63. The van der Waals surface area contributed by atoms with E-state index in [-0.39, 0.29) is 5.97 Å². The predicted octanol–water partition coefficient (Wildman–Crippen LogP) is 2.00. The highest BCUT2D eigenvalue weighted by Gasteiger charge is 2.28. The Kier molecular flexibility index (Phi) is 3.22. The summed E-state index contributed by atoms with van der Waals surface area (Å²) < 4.78 is 9.99. The molecule has 1 atom stereocenters. The first kappa shape index (κ1) is 11.1. The van der Waals surface area contributed by atoms with Gasteiger partial charge in [-0.2, -0.15) is 4.98 Å². The lowest BCUT2D eigenvalue weighted by molar-refractivity contribution is -0.145. The van der Waals surface area contributed by atoms with Gasteiger partial charge in [0, 0.05) is 5.92 Å². The lowest BCUT2D eigenvalue weighted by atomic mass is 9.85. The molecule has 2 rings (SSSR count). The lowest BCUT2D eigenvalue weighted by Crippen LogP contribution is -2.14. The first-order chi connectivity index (χ1) is 7.72. The van der Waals surface area contributed by atoms with Gasteiger partial charge in [-0.1, -0.05) is 11.6 Å². The molecule has 1 aliphatic carbocycles. The zero-order chi connectivity index (χ0) is 11.5. The predicted molar refractivity (Wildman–Crippen MR) is 55.9 cm³/mol. The average molecular weight is 224 g/mol. The number of hydrogen-bond acceptors (Lipinski definition) is 5. The minimum Gasteiger partial charge on any atom is -0.465 e. The van der Waals surface area contributed by atoms with E-state index in [1.54, 1.807) is 13.8 Å². The molecule has 0 N–H and O–H groups in total. The Hall–Kier alpha value is -1.39. The maximum atomic E-state index is 11.5. The van der Waals surface area contributed by atoms with Crippen molar-refractivity contribution in [2.45, 2.75) is 44.9 Å². The Balaban J connectivity index is 2.02. The highest BCUT2D eigenvalue weighted by Crippen LogP contribution is 2.34. The quantitative estimate of drug-likeness (QED) is 0.732. The molecule has 5 heteroatoms. The molecule has 0 saturated heterocycles. The Labute approximate surface area is 94.2 Å². The van der Waals surface area contributed by atoms with Crippen molar-refractivity contribution in [3.05, 3.63) is 11.7 Å². The minimum atomic E-state index is -0.471. The standard InChI is InChI=1S/C11H16N2O3/c1-3-15-11(14)7(2)10-12-9(13-16-10)8-5-4-6-8/h7-8H,3-6H2,1-2H3. The zero-order valence-corrected chi connectivity index (χ0v) is 9.60. The number of esters is 1. The van der Waals surface area contributed by atoms with Crippen molar-refractivity contribution in [2.75, 3.05) is 6.61 Å². The molecule has 0 amide bonds. The van der Waals surface area contributed by atoms with Crippen LogP contribution in [0.2, 0.25) is 0 Å². The third-order valence-electron chi connectivity index (χ3n) is 2.94. The van der Waals surface area contributed by atoms with Crippen molar-refractivity contribution in [1.29, 1.82) is 0 Å². The van der Waals surface area contributed by atoms with E-state index in [4.69, 9.17) is 9.26 Å². The zero-order valence-electron chi connectivity index (χ0n) is 9.60. The van der Waals surface area contributed by atoms with Crippen LogP contribution in [0.4, 0.5) is 0 Å². The molecule has 1 saturated carbocycles. The monoisotopic (exact) mass is 224 g/mol. The number of rotatable bonds is 4. The summed E-state index contributed by atoms with van der Waals surface area (Å²) in [6.45, 7) is 3.86. The largest absolute Gasteiger partial charge is 0.465 e. The number of carbonyl (C=O) groups excluding carboxylic acids is 1. The van der Waals surface area contributed by atoms with E-state index in [9.17, 15) is 4.79 Å². The summed E-state index contributed by atoms with van der Waals surface area (Å²) in [4.78, 5) is 15.7. The Bertz CT molecular complexity index is 371. The summed E-state index contributed by atoms with van der Waals surface area (Å²) in [5.74, 6) is 0.734. The minimum absolute atomic E-state index is 0.314. The molecule has 0 aliphatic heterocycles. The van der Waals surface area contributed by atoms with Gasteiger partial charge in [-0.3, -0.25) is 4.79 Å². The first-order valence-electron chi connectivity index (χ1n) is 5.72. The van der Waals surface area contributed by atoms with E-state index in [0.29, 0.717) is 18.4 Å². The van der Waals surface area contributed by atoms with Gasteiger partial charge in [0.05, 0.1) is 6.61 Å². The third-order valence-corrected chi connectivity index (χ3v) is 2.94. The van der Waals surface area contributed by atoms with E-state index in [1.807, 2.05) is 0 Å². The van der Waals surface area contributed by atoms with Crippen LogP contribution in [-0.2, 0) is 9.53 Å². The van der Waals surface area contributed by atoms with Crippen molar-refractivity contribution in [2.24, 2.45) is 0 Å². The maximum Gasteiger partial charge on any atom is 0.318 e. The fourth-order valence-electron chi connectivity index (χ4n) is 1.62. The van der Waals surface area contributed by atoms with Crippen LogP contribution < -0.4 is 0 Å². The van der Waals surface area contributed by atoms with Crippen LogP contribution in [0.15, 0.2) is 4.52 Å². The summed E-state index contributed by atoms with van der Waals surface area (Å²) in [6.07, 6.45) is 3.46. The number of hydrogen-bond donors (Lipinski definition) is 0. The second-order valence-electron chi connectivity index (χ2n) is 4.09. The van der Waals surface area contributed by atoms with Gasteiger partial charge >= 0.3 is 5.97 Å². The molecule has 0 spiro atoms. The second-order valence-corrected chi connectivity index (χ2v) is 4.09. The van der Waals surface area contributed by atoms with Crippen LogP contribution in [-0.4, -0.2) is 22.7 Å². The van der Waals surface area contributed by atoms with Gasteiger partial charge in [0.1, 0.15) is 5.92 Å². The van der Waals surface area contributed by atoms with Gasteiger partial charge < -0.3 is 9.26 Å². The molecular weight excluding hydrogens is 208 g/mol. The number of carbonyl (C=O) groups is 1. The fourth-order valence-corrected chi connectivity index (χ4v) is 1.62. The molecule has 0 radical (unpaired) electrons. The number of ether oxygens (including phenoxy) is 1. The Morgan fingerprint density at radius 2 is 2.38 bits per heavy atom. The Morgan fingerprint density at radius 1 is 1.62 bits per heavy atom. The van der Waals surface area contributed by atoms with Crippen LogP contribution in [0.5, 0.6) is 0 Å². The summed E-state index contributed by atoms with van der Waals surface area (Å²) in [5.41, 5.74) is 0. The molecule has 1 fully saturated rings. The van der Waals surface area contributed by atoms with Crippen molar-refractivity contribution in [1.82, 2.24) is 10.1 Å². The summed E-state index contributed by atoms with van der Waals surface area (Å²) >= 11 is 0. The lowest BCUT2D eigenvalue weighted by Gasteiger charge is -2.20. The van der Waals surface area contributed by atoms with Gasteiger partial charge in [0.2, 0.25) is 5.89 Å². The summed E-state index contributed by atoms with van der Waals surface area (Å²) in [7, 11) is 0. The van der Waals surface area contributed by atoms with Crippen LogP contribution in [0.1, 0.15) is 56.7 Å². The van der Waals surface area contributed by atoms with Gasteiger partial charge in [-0.25, -0.2) is 0 Å². The number of aromatic nitrogens is 2. The molecule has 1 aliphatic rings. The molecule has 1 aromatic rings. The number of nitrogens with zero attached hydrogens (tertiary/aromatic N) is 2. The Morgan fingerprint density at radius 3 is 2.94 bits per heavy atom. The molecule has 1 heterocycles. The first-order valence-corrected chi connectivity index (χ1v) is 5.72. The molecule has 16 heavy (non-hydrogen) atoms. The smallest absolute Gasteiger partial charge is 0.318 e. The van der Waals surface area contributed by atoms with Crippen LogP contribution in [0, 0.1) is 0 Å². The normalized spacial score (nSPS) is 17.9. The van der Waals surface area contributed by atoms with E-state index >= 15 is 0 Å². The van der Waals surface area contributed by atoms with Crippen LogP contribution in [0.3, 0.4) is 0 Å². The SMILES string of the molecule is CCOC(=O)C(C)c1nc(C2CCC2)no1. The highest BCUT2D eigenvalue weighted by molar-refractivity contribution is 5.76. The highest BCUT2D eigenvalue weighted by atomic mass is 16.5. The van der Waals surface area contributed by atoms with Crippen LogP contribution in [0.25, 0.3) is 0 Å². The maximum absolute atomic E-state index is 11.5. The van der Waals surface area contributed by atoms with Crippen molar-refractivity contribution < 1.29 is 14.1 Å². The molecule has 1 aromatic heterocycles. The van der Waals surface area contributed by atoms with Gasteiger partial charge in [0.15, 0.2) is 5.82 Å². The topological polar surface area (TPSA) is 65.2 Å². The molecule has 1 unspecified atom stereocenters. The van der Waals surface area contributed by atoms with E-state index in [2.05, 4.69) is 10.1 Å². The van der Waals surface area contributed by atoms with E-state index in [1.165, 1.54) is 6.42 Å². The molecule has 88 valence electrons. The summed E-state index contributed by atoms with van der Waals surface area (Å²) in [5, 5.41) is 3.91. The molecule has 0 aromatic carbocycles. The third kappa shape index (κ3) is 2.08. The molecule has 0 bridgehead atoms. The van der Waals surface area contributed by atoms with Gasteiger partial charge in [-0.15, -0.1) is 0 Å². The fraction of sp³-hybridized carbons (Fsp3) is 0.727. The van der Waals surface area contributed by atoms with Crippen LogP contribution >= 0.6 is 0 Å². The second kappa shape index (κ2) is 4.63. The van der Waals surface area contributed by atoms with Gasteiger partial charge in [-0.05, 0) is 26.7 Å². The van der Waals surface area contributed by atoms with Crippen molar-refractivity contribution in [3.63, 3.8) is 0 Å². The van der Waals surface area contributed by atoms with Crippen molar-refractivity contribution >= 4 is 5.97 Å². The molecular formula is C11H16N2O3. The summed E-state index contributed by atoms with van der Waals surface area (Å²) in [6, 6.07) is 0. The molecule has 5 nitrogen and oxygen atoms in total. The van der Waals surface area contributed by atoms with Crippen molar-refractivity contribution in [3.8, 4) is 0 Å². The van der Waals surface area contributed by atoms with E-state index in [0.717, 1.165) is 18.7 Å². The van der Waals surface area contributed by atoms with E-state index < -0.39 is 5.92 Å². The van der Waals surface area contributed by atoms with Gasteiger partial charge in [0.25, 0.3) is 0 Å².